The van der Waals surface area contributed by atoms with Gasteiger partial charge in [0.1, 0.15) is 10.7 Å². The summed E-state index contributed by atoms with van der Waals surface area (Å²) in [6.07, 6.45) is 1.26. The molecule has 0 unspecified atom stereocenters. The molecule has 1 aliphatic heterocycles. The van der Waals surface area contributed by atoms with Crippen molar-refractivity contribution in [2.24, 2.45) is 10.1 Å². The van der Waals surface area contributed by atoms with Crippen LogP contribution in [0.15, 0.2) is 15.2 Å². The van der Waals surface area contributed by atoms with E-state index >= 15 is 0 Å². The fourth-order valence-corrected chi connectivity index (χ4v) is 1.99. The normalized spacial score (nSPS) is 15.1. The highest BCUT2D eigenvalue weighted by Crippen LogP contribution is 2.35. The molecule has 8 heteroatoms. The Hall–Kier alpha value is -1.83. The molecule has 0 radical (unpaired) electrons. The van der Waals surface area contributed by atoms with Crippen LogP contribution in [0.3, 0.4) is 0 Å². The Labute approximate surface area is 89.3 Å². The first-order valence-corrected chi connectivity index (χ1v) is 5.00. The average Bonchev–Trinajstić information content (AvgIpc) is 2.19. The van der Waals surface area contributed by atoms with Gasteiger partial charge in [0.15, 0.2) is 5.82 Å². The van der Waals surface area contributed by atoms with Gasteiger partial charge in [-0.3, -0.25) is 0 Å². The maximum Gasteiger partial charge on any atom is 0.223 e. The van der Waals surface area contributed by atoms with Crippen LogP contribution >= 0.6 is 11.8 Å². The molecular weight excluding hydrogens is 216 g/mol. The van der Waals surface area contributed by atoms with Crippen LogP contribution in [0.1, 0.15) is 0 Å². The molecule has 1 aromatic heterocycles. The molecular formula is C7H8N6OS. The number of thioether (sulfide) groups is 1. The van der Waals surface area contributed by atoms with Gasteiger partial charge in [-0.25, -0.2) is 9.98 Å². The summed E-state index contributed by atoms with van der Waals surface area (Å²) >= 11 is 1.42. The van der Waals surface area contributed by atoms with E-state index in [4.69, 9.17) is 16.7 Å². The topological polar surface area (TPSA) is 123 Å². The minimum atomic E-state index is 0.133. The van der Waals surface area contributed by atoms with E-state index in [2.05, 4.69) is 20.1 Å². The number of hydrogen-bond donors (Lipinski definition) is 3. The highest BCUT2D eigenvalue weighted by atomic mass is 32.2. The van der Waals surface area contributed by atoms with Crippen molar-refractivity contribution in [3.8, 4) is 0 Å². The lowest BCUT2D eigenvalue weighted by Gasteiger charge is -2.12. The summed E-state index contributed by atoms with van der Waals surface area (Å²) in [5, 5.41) is 11.9. The van der Waals surface area contributed by atoms with Crippen LogP contribution in [-0.2, 0) is 0 Å². The van der Waals surface area contributed by atoms with Crippen molar-refractivity contribution in [3.05, 3.63) is 0 Å². The van der Waals surface area contributed by atoms with Gasteiger partial charge in [0.25, 0.3) is 0 Å². The summed E-state index contributed by atoms with van der Waals surface area (Å²) in [4.78, 5) is 12.0. The van der Waals surface area contributed by atoms with Crippen molar-refractivity contribution in [2.45, 2.75) is 5.03 Å². The molecule has 7 nitrogen and oxygen atoms in total. The Bertz CT molecular complexity index is 457. The van der Waals surface area contributed by atoms with Crippen molar-refractivity contribution in [2.75, 3.05) is 17.2 Å². The highest BCUT2D eigenvalue weighted by molar-refractivity contribution is 8.00. The van der Waals surface area contributed by atoms with Gasteiger partial charge in [0.2, 0.25) is 5.95 Å². The molecule has 0 saturated heterocycles. The smallest absolute Gasteiger partial charge is 0.223 e. The first kappa shape index (κ1) is 9.71. The fraction of sp³-hybridized carbons (Fsp3) is 0.143. The predicted molar refractivity (Wildman–Crippen MR) is 59.0 cm³/mol. The van der Waals surface area contributed by atoms with E-state index in [1.165, 1.54) is 18.0 Å². The van der Waals surface area contributed by atoms with Crippen molar-refractivity contribution < 1.29 is 5.21 Å². The maximum absolute atomic E-state index is 8.38. The lowest BCUT2D eigenvalue weighted by atomic mass is 10.4. The average molecular weight is 224 g/mol. The fourth-order valence-electron chi connectivity index (χ4n) is 1.12. The first-order valence-electron chi connectivity index (χ1n) is 4.01. The third kappa shape index (κ3) is 1.84. The van der Waals surface area contributed by atoms with Gasteiger partial charge >= 0.3 is 0 Å². The Morgan fingerprint density at radius 2 is 2.20 bits per heavy atom. The van der Waals surface area contributed by atoms with Gasteiger partial charge in [0, 0.05) is 5.75 Å². The molecule has 0 aromatic carbocycles. The molecule has 0 spiro atoms. The quantitative estimate of drug-likeness (QED) is 0.272. The summed E-state index contributed by atoms with van der Waals surface area (Å²) in [7, 11) is 0. The Balaban J connectivity index is 2.50. The van der Waals surface area contributed by atoms with Crippen LogP contribution in [-0.4, -0.2) is 32.9 Å². The summed E-state index contributed by atoms with van der Waals surface area (Å²) in [6, 6.07) is 0. The molecule has 2 heterocycles. The maximum atomic E-state index is 8.38. The largest absolute Gasteiger partial charge is 0.411 e. The second-order valence-electron chi connectivity index (χ2n) is 2.76. The zero-order chi connectivity index (χ0) is 10.8. The molecule has 0 saturated carbocycles. The van der Waals surface area contributed by atoms with Crippen LogP contribution in [0.4, 0.5) is 17.5 Å². The van der Waals surface area contributed by atoms with Crippen molar-refractivity contribution in [3.63, 3.8) is 0 Å². The SMILES string of the molecule is Nc1nc(N)c2c(n1)SCC(C=NO)=N2. The van der Waals surface area contributed by atoms with E-state index in [-0.39, 0.29) is 11.8 Å². The number of anilines is 2. The molecule has 1 aliphatic rings. The van der Waals surface area contributed by atoms with Crippen molar-refractivity contribution in [1.82, 2.24) is 9.97 Å². The molecule has 78 valence electrons. The van der Waals surface area contributed by atoms with E-state index in [1.54, 1.807) is 0 Å². The summed E-state index contributed by atoms with van der Waals surface area (Å²) < 4.78 is 0. The van der Waals surface area contributed by atoms with Crippen LogP contribution in [0, 0.1) is 0 Å². The van der Waals surface area contributed by atoms with Crippen LogP contribution in [0.25, 0.3) is 0 Å². The molecule has 15 heavy (non-hydrogen) atoms. The Morgan fingerprint density at radius 1 is 1.40 bits per heavy atom. The second-order valence-corrected chi connectivity index (χ2v) is 3.72. The highest BCUT2D eigenvalue weighted by Gasteiger charge is 2.17. The first-order chi connectivity index (χ1) is 7.20. The van der Waals surface area contributed by atoms with Crippen LogP contribution in [0.5, 0.6) is 0 Å². The van der Waals surface area contributed by atoms with Gasteiger partial charge in [-0.1, -0.05) is 16.9 Å². The van der Waals surface area contributed by atoms with Gasteiger partial charge in [-0.2, -0.15) is 4.98 Å². The Kier molecular flexibility index (Phi) is 2.42. The monoisotopic (exact) mass is 224 g/mol. The summed E-state index contributed by atoms with van der Waals surface area (Å²) in [5.74, 6) is 0.925. The third-order valence-electron chi connectivity index (χ3n) is 1.72. The van der Waals surface area contributed by atoms with Gasteiger partial charge < -0.3 is 16.7 Å². The lowest BCUT2D eigenvalue weighted by molar-refractivity contribution is 0.322. The number of nitrogens with two attached hydrogens (primary N) is 2. The number of rotatable bonds is 1. The summed E-state index contributed by atoms with van der Waals surface area (Å²) in [6.45, 7) is 0. The number of aliphatic imine (C=N–C) groups is 1. The molecule has 0 bridgehead atoms. The second kappa shape index (κ2) is 3.73. The van der Waals surface area contributed by atoms with Gasteiger partial charge in [0.05, 0.1) is 11.9 Å². The number of aromatic nitrogens is 2. The third-order valence-corrected chi connectivity index (χ3v) is 2.71. The molecule has 1 aromatic rings. The van der Waals surface area contributed by atoms with E-state index < -0.39 is 0 Å². The molecule has 0 atom stereocenters. The zero-order valence-corrected chi connectivity index (χ0v) is 8.40. The van der Waals surface area contributed by atoms with Crippen LogP contribution in [0.2, 0.25) is 0 Å². The molecule has 5 N–H and O–H groups in total. The van der Waals surface area contributed by atoms with Gasteiger partial charge in [-0.15, -0.1) is 0 Å². The molecule has 0 fully saturated rings. The standard InChI is InChI=1S/C7H8N6OS/c8-5-4-6(13-7(9)12-5)15-2-3(11-4)1-10-14/h1,14H,2H2,(H4,8,9,12,13). The molecule has 0 amide bonds. The van der Waals surface area contributed by atoms with Crippen molar-refractivity contribution >= 4 is 41.1 Å². The Morgan fingerprint density at radius 3 is 2.93 bits per heavy atom. The number of nitrogens with zero attached hydrogens (tertiary/aromatic N) is 4. The number of oxime groups is 1. The van der Waals surface area contributed by atoms with E-state index in [0.717, 1.165) is 0 Å². The molecule has 2 rings (SSSR count). The predicted octanol–water partition coefficient (Wildman–Crippen LogP) is 0.279. The van der Waals surface area contributed by atoms with Gasteiger partial charge in [-0.05, 0) is 0 Å². The number of nitrogen functional groups attached to an aromatic ring is 2. The zero-order valence-electron chi connectivity index (χ0n) is 7.58. The minimum absolute atomic E-state index is 0.133. The summed E-state index contributed by atoms with van der Waals surface area (Å²) in [5.41, 5.74) is 12.2. The number of hydrogen-bond acceptors (Lipinski definition) is 8. The number of fused-ring (bicyclic) bond motifs is 1. The minimum Gasteiger partial charge on any atom is -0.411 e. The van der Waals surface area contributed by atoms with E-state index in [1.807, 2.05) is 0 Å². The van der Waals surface area contributed by atoms with Crippen LogP contribution < -0.4 is 11.5 Å². The molecule has 0 aliphatic carbocycles. The van der Waals surface area contributed by atoms with Crippen molar-refractivity contribution in [1.29, 1.82) is 0 Å². The van der Waals surface area contributed by atoms with E-state index in [0.29, 0.717) is 22.2 Å². The lowest BCUT2D eigenvalue weighted by Crippen LogP contribution is -2.10. The van der Waals surface area contributed by atoms with E-state index in [9.17, 15) is 0 Å².